The third kappa shape index (κ3) is 2.73. The quantitative estimate of drug-likeness (QED) is 0.768. The number of sulfone groups is 1. The summed E-state index contributed by atoms with van der Waals surface area (Å²) in [6, 6.07) is 0. The van der Waals surface area contributed by atoms with Gasteiger partial charge < -0.3 is 14.6 Å². The maximum Gasteiger partial charge on any atom is 0.492 e. The molecular weight excluding hydrogens is 265 g/mol. The molecular formula is C12H20BNO4S. The molecule has 5 nitrogen and oxygen atoms in total. The lowest BCUT2D eigenvalue weighted by molar-refractivity contribution is 0.00578. The first kappa shape index (κ1) is 14.6. The van der Waals surface area contributed by atoms with Crippen molar-refractivity contribution in [1.29, 1.82) is 0 Å². The van der Waals surface area contributed by atoms with Gasteiger partial charge in [-0.3, -0.25) is 0 Å². The van der Waals surface area contributed by atoms with E-state index in [0.717, 1.165) is 5.47 Å². The summed E-state index contributed by atoms with van der Waals surface area (Å²) in [5, 5.41) is 3.11. The van der Waals surface area contributed by atoms with Crippen LogP contribution < -0.4 is 5.32 Å². The van der Waals surface area contributed by atoms with Crippen LogP contribution in [-0.4, -0.2) is 39.5 Å². The number of hydrogen-bond acceptors (Lipinski definition) is 5. The van der Waals surface area contributed by atoms with Crippen molar-refractivity contribution >= 4 is 17.0 Å². The summed E-state index contributed by atoms with van der Waals surface area (Å²) >= 11 is 0. The lowest BCUT2D eigenvalue weighted by Gasteiger charge is -2.32. The second kappa shape index (κ2) is 4.36. The number of nitrogens with one attached hydrogen (secondary N) is 1. The Labute approximate surface area is 115 Å². The molecule has 0 bridgehead atoms. The number of rotatable bonds is 2. The number of allylic oxidation sites excluding steroid dienone is 2. The molecule has 0 radical (unpaired) electrons. The highest BCUT2D eigenvalue weighted by atomic mass is 32.2. The van der Waals surface area contributed by atoms with Crippen molar-refractivity contribution in [2.75, 3.05) is 12.8 Å². The van der Waals surface area contributed by atoms with Crippen molar-refractivity contribution in [1.82, 2.24) is 5.32 Å². The topological polar surface area (TPSA) is 64.6 Å². The molecule has 0 spiro atoms. The molecule has 2 aliphatic heterocycles. The number of hydrogen-bond donors (Lipinski definition) is 1. The van der Waals surface area contributed by atoms with Gasteiger partial charge in [0.05, 0.1) is 11.2 Å². The first-order chi connectivity index (χ1) is 8.53. The van der Waals surface area contributed by atoms with Crippen LogP contribution in [0.2, 0.25) is 0 Å². The van der Waals surface area contributed by atoms with Gasteiger partial charge in [0.1, 0.15) is 5.03 Å². The van der Waals surface area contributed by atoms with E-state index in [0.29, 0.717) is 6.54 Å². The van der Waals surface area contributed by atoms with Crippen LogP contribution >= 0.6 is 0 Å². The van der Waals surface area contributed by atoms with E-state index in [1.807, 2.05) is 27.7 Å². The van der Waals surface area contributed by atoms with Crippen LogP contribution in [-0.2, 0) is 19.1 Å². The average molecular weight is 285 g/mol. The van der Waals surface area contributed by atoms with Gasteiger partial charge in [0, 0.05) is 12.8 Å². The molecule has 0 aromatic carbocycles. The van der Waals surface area contributed by atoms with Crippen LogP contribution in [0.4, 0.5) is 0 Å². The van der Waals surface area contributed by atoms with Crippen molar-refractivity contribution in [2.24, 2.45) is 0 Å². The minimum Gasteiger partial charge on any atom is -0.400 e. The zero-order chi connectivity index (χ0) is 14.5. The standard InChI is InChI=1S/C12H20BNO4S/c1-11(2)12(3,4)18-13(17-11)9-6-7-10(14-8-9)19(5,15)16/h6-7,14H,8H2,1-5H3. The van der Waals surface area contributed by atoms with Crippen molar-refractivity contribution in [3.63, 3.8) is 0 Å². The van der Waals surface area contributed by atoms with Crippen LogP contribution in [0.5, 0.6) is 0 Å². The molecule has 0 atom stereocenters. The van der Waals surface area contributed by atoms with Gasteiger partial charge in [-0.1, -0.05) is 6.08 Å². The smallest absolute Gasteiger partial charge is 0.400 e. The molecule has 0 aliphatic carbocycles. The third-order valence-electron chi connectivity index (χ3n) is 3.87. The first-order valence-electron chi connectivity index (χ1n) is 6.23. The largest absolute Gasteiger partial charge is 0.492 e. The highest BCUT2D eigenvalue weighted by Gasteiger charge is 2.52. The van der Waals surface area contributed by atoms with Crippen LogP contribution in [0.25, 0.3) is 0 Å². The molecule has 7 heteroatoms. The molecule has 1 fully saturated rings. The van der Waals surface area contributed by atoms with Gasteiger partial charge in [-0.2, -0.15) is 0 Å². The highest BCUT2D eigenvalue weighted by molar-refractivity contribution is 7.94. The molecule has 0 saturated carbocycles. The van der Waals surface area contributed by atoms with Gasteiger partial charge in [0.15, 0.2) is 9.84 Å². The van der Waals surface area contributed by atoms with E-state index in [1.54, 1.807) is 12.2 Å². The van der Waals surface area contributed by atoms with Gasteiger partial charge in [0.2, 0.25) is 0 Å². The maximum atomic E-state index is 11.4. The van der Waals surface area contributed by atoms with Gasteiger partial charge in [-0.15, -0.1) is 0 Å². The lowest BCUT2D eigenvalue weighted by atomic mass is 9.77. The van der Waals surface area contributed by atoms with E-state index in [2.05, 4.69) is 5.32 Å². The normalized spacial score (nSPS) is 25.6. The summed E-state index contributed by atoms with van der Waals surface area (Å²) in [7, 11) is -3.63. The summed E-state index contributed by atoms with van der Waals surface area (Å²) in [4.78, 5) is 0. The van der Waals surface area contributed by atoms with E-state index in [1.165, 1.54) is 6.26 Å². The molecule has 2 aliphatic rings. The molecule has 0 unspecified atom stereocenters. The summed E-state index contributed by atoms with van der Waals surface area (Å²) in [6.07, 6.45) is 4.49. The monoisotopic (exact) mass is 285 g/mol. The van der Waals surface area contributed by atoms with E-state index in [4.69, 9.17) is 9.31 Å². The Kier molecular flexibility index (Phi) is 3.36. The molecule has 2 rings (SSSR count). The molecule has 0 aromatic heterocycles. The fraction of sp³-hybridized carbons (Fsp3) is 0.667. The van der Waals surface area contributed by atoms with Gasteiger partial charge in [0.25, 0.3) is 0 Å². The minimum absolute atomic E-state index is 0.229. The van der Waals surface area contributed by atoms with Crippen molar-refractivity contribution < 1.29 is 17.7 Å². The molecule has 2 heterocycles. The molecule has 1 N–H and O–H groups in total. The van der Waals surface area contributed by atoms with Gasteiger partial charge >= 0.3 is 7.12 Å². The molecule has 19 heavy (non-hydrogen) atoms. The first-order valence-corrected chi connectivity index (χ1v) is 8.12. The van der Waals surface area contributed by atoms with E-state index in [9.17, 15) is 8.42 Å². The average Bonchev–Trinajstić information content (AvgIpc) is 2.47. The van der Waals surface area contributed by atoms with Crippen LogP contribution in [0.15, 0.2) is 22.7 Å². The Hall–Kier alpha value is -0.785. The highest BCUT2D eigenvalue weighted by Crippen LogP contribution is 2.38. The van der Waals surface area contributed by atoms with E-state index >= 15 is 0 Å². The summed E-state index contributed by atoms with van der Waals surface area (Å²) in [5.41, 5.74) is 0.115. The Bertz CT molecular complexity index is 532. The third-order valence-corrected chi connectivity index (χ3v) is 4.95. The van der Waals surface area contributed by atoms with Gasteiger partial charge in [-0.25, -0.2) is 8.42 Å². The Morgan fingerprint density at radius 3 is 2.05 bits per heavy atom. The van der Waals surface area contributed by atoms with E-state index in [-0.39, 0.29) is 16.2 Å². The van der Waals surface area contributed by atoms with Crippen LogP contribution in [0, 0.1) is 0 Å². The van der Waals surface area contributed by atoms with E-state index < -0.39 is 17.0 Å². The summed E-state index contributed by atoms with van der Waals surface area (Å²) in [6.45, 7) is 8.36. The second-order valence-corrected chi connectivity index (χ2v) is 7.97. The molecule has 0 amide bonds. The fourth-order valence-electron chi connectivity index (χ4n) is 1.90. The predicted octanol–water partition coefficient (Wildman–Crippen LogP) is 1.03. The zero-order valence-electron chi connectivity index (χ0n) is 12.0. The fourth-order valence-corrected chi connectivity index (χ4v) is 2.55. The van der Waals surface area contributed by atoms with Crippen molar-refractivity contribution in [3.05, 3.63) is 22.7 Å². The Morgan fingerprint density at radius 1 is 1.16 bits per heavy atom. The minimum atomic E-state index is -3.19. The number of dihydropyridines is 1. The van der Waals surface area contributed by atoms with Crippen molar-refractivity contribution in [2.45, 2.75) is 38.9 Å². The Morgan fingerprint density at radius 2 is 1.68 bits per heavy atom. The molecule has 1 saturated heterocycles. The molecule has 0 aromatic rings. The predicted molar refractivity (Wildman–Crippen MR) is 75.1 cm³/mol. The van der Waals surface area contributed by atoms with Crippen molar-refractivity contribution in [3.8, 4) is 0 Å². The van der Waals surface area contributed by atoms with Crippen LogP contribution in [0.3, 0.4) is 0 Å². The van der Waals surface area contributed by atoms with Gasteiger partial charge in [-0.05, 0) is 39.2 Å². The SMILES string of the molecule is CC1(C)OB(C2=CC=C(S(C)(=O)=O)NC2)OC1(C)C. The zero-order valence-corrected chi connectivity index (χ0v) is 12.8. The van der Waals surface area contributed by atoms with Crippen LogP contribution in [0.1, 0.15) is 27.7 Å². The molecule has 106 valence electrons. The lowest BCUT2D eigenvalue weighted by Crippen LogP contribution is -2.41. The summed E-state index contributed by atoms with van der Waals surface area (Å²) < 4.78 is 34.6. The second-order valence-electron chi connectivity index (χ2n) is 5.99. The maximum absolute atomic E-state index is 11.4. The Balaban J connectivity index is 2.19. The summed E-state index contributed by atoms with van der Waals surface area (Å²) in [5.74, 6) is 0.